The summed E-state index contributed by atoms with van der Waals surface area (Å²) in [5.41, 5.74) is 7.19. The monoisotopic (exact) mass is 167 g/mol. The van der Waals surface area contributed by atoms with E-state index < -0.39 is 0 Å². The molecule has 0 atom stereocenters. The first-order valence-electron chi connectivity index (χ1n) is 3.80. The summed E-state index contributed by atoms with van der Waals surface area (Å²) in [6.45, 7) is 2.72. The SMILES string of the molecule is CCN(OC)c1cnccc1N. The second-order valence-electron chi connectivity index (χ2n) is 2.31. The highest BCUT2D eigenvalue weighted by atomic mass is 16.7. The van der Waals surface area contributed by atoms with Crippen LogP contribution in [-0.4, -0.2) is 18.6 Å². The summed E-state index contributed by atoms with van der Waals surface area (Å²) in [5, 5.41) is 1.68. The zero-order chi connectivity index (χ0) is 8.97. The fourth-order valence-corrected chi connectivity index (χ4v) is 1.00. The van der Waals surface area contributed by atoms with Gasteiger partial charge in [0, 0.05) is 12.7 Å². The molecule has 1 heterocycles. The van der Waals surface area contributed by atoms with Gasteiger partial charge in [-0.2, -0.15) is 0 Å². The lowest BCUT2D eigenvalue weighted by atomic mass is 10.3. The van der Waals surface area contributed by atoms with Crippen LogP contribution >= 0.6 is 0 Å². The number of nitrogen functional groups attached to an aromatic ring is 1. The smallest absolute Gasteiger partial charge is 0.105 e. The number of nitrogens with two attached hydrogens (primary N) is 1. The van der Waals surface area contributed by atoms with E-state index in [0.29, 0.717) is 5.69 Å². The molecule has 4 heteroatoms. The van der Waals surface area contributed by atoms with Gasteiger partial charge in [0.05, 0.1) is 19.0 Å². The molecule has 0 radical (unpaired) electrons. The van der Waals surface area contributed by atoms with Gasteiger partial charge in [0.25, 0.3) is 0 Å². The summed E-state index contributed by atoms with van der Waals surface area (Å²) in [6, 6.07) is 1.75. The number of nitrogens with zero attached hydrogens (tertiary/aromatic N) is 2. The molecular formula is C8H13N3O. The Morgan fingerprint density at radius 1 is 1.67 bits per heavy atom. The molecule has 0 aliphatic heterocycles. The van der Waals surface area contributed by atoms with Crippen molar-refractivity contribution in [2.45, 2.75) is 6.92 Å². The van der Waals surface area contributed by atoms with Gasteiger partial charge < -0.3 is 5.73 Å². The summed E-state index contributed by atoms with van der Waals surface area (Å²) in [6.07, 6.45) is 3.34. The summed E-state index contributed by atoms with van der Waals surface area (Å²) >= 11 is 0. The molecule has 0 fully saturated rings. The maximum Gasteiger partial charge on any atom is 0.105 e. The fraction of sp³-hybridized carbons (Fsp3) is 0.375. The minimum Gasteiger partial charge on any atom is -0.397 e. The maximum absolute atomic E-state index is 5.71. The van der Waals surface area contributed by atoms with Crippen molar-refractivity contribution >= 4 is 11.4 Å². The highest BCUT2D eigenvalue weighted by molar-refractivity contribution is 5.64. The van der Waals surface area contributed by atoms with Crippen molar-refractivity contribution in [3.63, 3.8) is 0 Å². The molecule has 66 valence electrons. The third-order valence-electron chi connectivity index (χ3n) is 1.61. The second kappa shape index (κ2) is 3.92. The molecule has 0 saturated carbocycles. The molecule has 12 heavy (non-hydrogen) atoms. The van der Waals surface area contributed by atoms with Crippen molar-refractivity contribution in [2.75, 3.05) is 24.5 Å². The van der Waals surface area contributed by atoms with Crippen molar-refractivity contribution < 1.29 is 4.84 Å². The van der Waals surface area contributed by atoms with Gasteiger partial charge in [-0.1, -0.05) is 0 Å². The minimum atomic E-state index is 0.675. The van der Waals surface area contributed by atoms with Gasteiger partial charge in [0.2, 0.25) is 0 Å². The Bertz CT molecular complexity index is 248. The van der Waals surface area contributed by atoms with Gasteiger partial charge in [-0.15, -0.1) is 0 Å². The van der Waals surface area contributed by atoms with Crippen molar-refractivity contribution in [1.29, 1.82) is 0 Å². The number of hydroxylamine groups is 1. The van der Waals surface area contributed by atoms with Crippen LogP contribution in [0.15, 0.2) is 18.5 Å². The van der Waals surface area contributed by atoms with Crippen LogP contribution in [0.4, 0.5) is 11.4 Å². The Balaban J connectivity index is 2.92. The van der Waals surface area contributed by atoms with Gasteiger partial charge >= 0.3 is 0 Å². The van der Waals surface area contributed by atoms with E-state index in [-0.39, 0.29) is 0 Å². The molecule has 0 saturated heterocycles. The lowest BCUT2D eigenvalue weighted by molar-refractivity contribution is 0.171. The Labute approximate surface area is 71.9 Å². The number of aromatic nitrogens is 1. The zero-order valence-corrected chi connectivity index (χ0v) is 7.32. The molecule has 0 aliphatic carbocycles. The van der Waals surface area contributed by atoms with Crippen molar-refractivity contribution in [2.24, 2.45) is 0 Å². The second-order valence-corrected chi connectivity index (χ2v) is 2.31. The van der Waals surface area contributed by atoms with Crippen molar-refractivity contribution in [1.82, 2.24) is 4.98 Å². The van der Waals surface area contributed by atoms with Crippen LogP contribution < -0.4 is 10.8 Å². The van der Waals surface area contributed by atoms with Crippen LogP contribution in [0.5, 0.6) is 0 Å². The van der Waals surface area contributed by atoms with Crippen molar-refractivity contribution in [3.8, 4) is 0 Å². The van der Waals surface area contributed by atoms with Gasteiger partial charge in [-0.25, -0.2) is 0 Å². The summed E-state index contributed by atoms with van der Waals surface area (Å²) in [7, 11) is 1.61. The van der Waals surface area contributed by atoms with Crippen LogP contribution in [0.2, 0.25) is 0 Å². The van der Waals surface area contributed by atoms with E-state index in [4.69, 9.17) is 10.6 Å². The first kappa shape index (κ1) is 8.80. The highest BCUT2D eigenvalue weighted by Gasteiger charge is 2.05. The van der Waals surface area contributed by atoms with Gasteiger partial charge in [0.1, 0.15) is 5.69 Å². The quantitative estimate of drug-likeness (QED) is 0.684. The number of hydrogen-bond acceptors (Lipinski definition) is 4. The molecule has 0 amide bonds. The molecule has 1 rings (SSSR count). The minimum absolute atomic E-state index is 0.675. The number of pyridine rings is 1. The summed E-state index contributed by atoms with van der Waals surface area (Å²) in [4.78, 5) is 9.04. The molecule has 0 spiro atoms. The molecule has 2 N–H and O–H groups in total. The van der Waals surface area contributed by atoms with Crippen LogP contribution in [0, 0.1) is 0 Å². The molecule has 4 nitrogen and oxygen atoms in total. The third kappa shape index (κ3) is 1.65. The maximum atomic E-state index is 5.71. The zero-order valence-electron chi connectivity index (χ0n) is 7.32. The Morgan fingerprint density at radius 3 is 2.92 bits per heavy atom. The molecule has 0 aromatic carbocycles. The van der Waals surface area contributed by atoms with E-state index in [1.807, 2.05) is 6.92 Å². The Hall–Kier alpha value is -1.29. The number of rotatable bonds is 3. The van der Waals surface area contributed by atoms with E-state index in [9.17, 15) is 0 Å². The fourth-order valence-electron chi connectivity index (χ4n) is 1.00. The van der Waals surface area contributed by atoms with Gasteiger partial charge in [-0.05, 0) is 13.0 Å². The van der Waals surface area contributed by atoms with E-state index in [0.717, 1.165) is 12.2 Å². The first-order valence-corrected chi connectivity index (χ1v) is 3.80. The predicted molar refractivity (Wildman–Crippen MR) is 48.7 cm³/mol. The largest absolute Gasteiger partial charge is 0.397 e. The third-order valence-corrected chi connectivity index (χ3v) is 1.61. The van der Waals surface area contributed by atoms with Crippen LogP contribution in [-0.2, 0) is 4.84 Å². The topological polar surface area (TPSA) is 51.4 Å². The Morgan fingerprint density at radius 2 is 2.42 bits per heavy atom. The van der Waals surface area contributed by atoms with Gasteiger partial charge in [-0.3, -0.25) is 14.9 Å². The van der Waals surface area contributed by atoms with Gasteiger partial charge in [0.15, 0.2) is 0 Å². The summed E-state index contributed by atoms with van der Waals surface area (Å²) < 4.78 is 0. The van der Waals surface area contributed by atoms with E-state index in [1.165, 1.54) is 0 Å². The summed E-state index contributed by atoms with van der Waals surface area (Å²) in [5.74, 6) is 0. The average molecular weight is 167 g/mol. The molecule has 0 aliphatic rings. The molecule has 1 aromatic rings. The number of anilines is 2. The lowest BCUT2D eigenvalue weighted by Gasteiger charge is -2.20. The normalized spacial score (nSPS) is 9.83. The standard InChI is InChI=1S/C8H13N3O/c1-3-11(12-2)8-6-10-5-4-7(8)9/h4-6H,3H2,1-2H3,(H2,9,10). The first-order chi connectivity index (χ1) is 5.79. The number of hydrogen-bond donors (Lipinski definition) is 1. The highest BCUT2D eigenvalue weighted by Crippen LogP contribution is 2.20. The molecule has 0 bridgehead atoms. The van der Waals surface area contributed by atoms with Crippen molar-refractivity contribution in [3.05, 3.63) is 18.5 Å². The van der Waals surface area contributed by atoms with E-state index in [2.05, 4.69) is 4.98 Å². The van der Waals surface area contributed by atoms with Crippen LogP contribution in [0.25, 0.3) is 0 Å². The Kier molecular flexibility index (Phi) is 2.88. The van der Waals surface area contributed by atoms with E-state index >= 15 is 0 Å². The molecular weight excluding hydrogens is 154 g/mol. The molecule has 0 unspecified atom stereocenters. The molecule has 1 aromatic heterocycles. The average Bonchev–Trinajstić information content (AvgIpc) is 2.10. The van der Waals surface area contributed by atoms with E-state index in [1.54, 1.807) is 30.6 Å². The lowest BCUT2D eigenvalue weighted by Crippen LogP contribution is -2.22. The predicted octanol–water partition coefficient (Wildman–Crippen LogP) is 1.05. The van der Waals surface area contributed by atoms with Crippen LogP contribution in [0.1, 0.15) is 6.92 Å². The van der Waals surface area contributed by atoms with Crippen LogP contribution in [0.3, 0.4) is 0 Å².